The SMILES string of the molecule is CCOC(=O)CN(CCNS(=O)(=O)c1nc2ccccc2s1)C(=O)Cn1ccc(NC(=O)OCc2ccc(OC)c(OC)c2)nc1=O. The fourth-order valence-electron chi connectivity index (χ4n) is 4.12. The average molecular weight is 689 g/mol. The third-order valence-corrected chi connectivity index (χ3v) is 9.26. The molecule has 2 aromatic carbocycles. The smallest absolute Gasteiger partial charge is 0.413 e. The first kappa shape index (κ1) is 34.8. The van der Waals surface area contributed by atoms with E-state index in [0.29, 0.717) is 27.3 Å². The number of fused-ring (bicyclic) bond motifs is 1. The molecule has 2 aromatic heterocycles. The number of anilines is 1. The van der Waals surface area contributed by atoms with Gasteiger partial charge in [0.15, 0.2) is 11.5 Å². The lowest BCUT2D eigenvalue weighted by atomic mass is 10.2. The number of nitrogens with zero attached hydrogens (tertiary/aromatic N) is 4. The van der Waals surface area contributed by atoms with Crippen molar-refractivity contribution < 1.29 is 41.7 Å². The maximum Gasteiger partial charge on any atom is 0.413 e. The summed E-state index contributed by atoms with van der Waals surface area (Å²) in [6.45, 7) is 0.0942. The van der Waals surface area contributed by atoms with Crippen LogP contribution in [0.5, 0.6) is 11.5 Å². The highest BCUT2D eigenvalue weighted by atomic mass is 32.2. The van der Waals surface area contributed by atoms with Gasteiger partial charge in [0, 0.05) is 19.3 Å². The van der Waals surface area contributed by atoms with Gasteiger partial charge in [0.2, 0.25) is 10.2 Å². The summed E-state index contributed by atoms with van der Waals surface area (Å²) in [6, 6.07) is 13.2. The first-order chi connectivity index (χ1) is 22.5. The maximum absolute atomic E-state index is 13.2. The summed E-state index contributed by atoms with van der Waals surface area (Å²) in [5, 5.41) is 2.34. The summed E-state index contributed by atoms with van der Waals surface area (Å²) in [4.78, 5) is 59.3. The molecule has 2 amide bonds. The molecule has 0 aliphatic rings. The van der Waals surface area contributed by atoms with Crippen LogP contribution in [-0.4, -0.2) is 86.3 Å². The molecule has 0 aliphatic carbocycles. The molecule has 2 N–H and O–H groups in total. The molecule has 2 heterocycles. The molecule has 0 saturated heterocycles. The van der Waals surface area contributed by atoms with Crippen LogP contribution in [0.1, 0.15) is 12.5 Å². The Bertz CT molecular complexity index is 1880. The Morgan fingerprint density at radius 3 is 2.47 bits per heavy atom. The van der Waals surface area contributed by atoms with Gasteiger partial charge in [-0.25, -0.2) is 27.7 Å². The van der Waals surface area contributed by atoms with E-state index in [1.54, 1.807) is 49.4 Å². The van der Waals surface area contributed by atoms with Gasteiger partial charge in [-0.3, -0.25) is 19.5 Å². The number of carbonyl (C=O) groups excluding carboxylic acids is 3. The zero-order valence-electron chi connectivity index (χ0n) is 25.6. The molecule has 18 heteroatoms. The van der Waals surface area contributed by atoms with Crippen LogP contribution < -0.4 is 25.2 Å². The molecule has 0 aliphatic heterocycles. The van der Waals surface area contributed by atoms with Gasteiger partial charge in [0.25, 0.3) is 10.0 Å². The summed E-state index contributed by atoms with van der Waals surface area (Å²) in [7, 11) is -1.03. The Morgan fingerprint density at radius 1 is 1.00 bits per heavy atom. The maximum atomic E-state index is 13.2. The first-order valence-electron chi connectivity index (χ1n) is 14.0. The molecule has 4 rings (SSSR count). The highest BCUT2D eigenvalue weighted by Crippen LogP contribution is 2.28. The summed E-state index contributed by atoms with van der Waals surface area (Å²) >= 11 is 0.995. The minimum atomic E-state index is -4.01. The van der Waals surface area contributed by atoms with Crippen molar-refractivity contribution in [1.29, 1.82) is 0 Å². The van der Waals surface area contributed by atoms with E-state index in [2.05, 4.69) is 20.0 Å². The molecule has 0 unspecified atom stereocenters. The molecule has 0 saturated carbocycles. The van der Waals surface area contributed by atoms with E-state index >= 15 is 0 Å². The zero-order valence-corrected chi connectivity index (χ0v) is 27.3. The van der Waals surface area contributed by atoms with Gasteiger partial charge in [-0.1, -0.05) is 18.2 Å². The monoisotopic (exact) mass is 688 g/mol. The van der Waals surface area contributed by atoms with Crippen molar-refractivity contribution in [3.8, 4) is 11.5 Å². The van der Waals surface area contributed by atoms with Crippen LogP contribution in [0.2, 0.25) is 0 Å². The molecule has 0 fully saturated rings. The van der Waals surface area contributed by atoms with Crippen molar-refractivity contribution in [2.75, 3.05) is 45.8 Å². The van der Waals surface area contributed by atoms with Crippen LogP contribution in [0, 0.1) is 0 Å². The lowest BCUT2D eigenvalue weighted by Crippen LogP contribution is -2.44. The number of aromatic nitrogens is 3. The zero-order chi connectivity index (χ0) is 34.0. The van der Waals surface area contributed by atoms with Crippen molar-refractivity contribution in [2.24, 2.45) is 0 Å². The highest BCUT2D eigenvalue weighted by molar-refractivity contribution is 7.91. The fraction of sp³-hybridized carbons (Fsp3) is 0.310. The number of methoxy groups -OCH3 is 2. The van der Waals surface area contributed by atoms with Crippen molar-refractivity contribution in [3.05, 3.63) is 70.8 Å². The van der Waals surface area contributed by atoms with Gasteiger partial charge in [0.1, 0.15) is 25.5 Å². The van der Waals surface area contributed by atoms with Crippen LogP contribution in [0.15, 0.2) is 63.9 Å². The van der Waals surface area contributed by atoms with Crippen molar-refractivity contribution in [2.45, 2.75) is 24.4 Å². The number of sulfonamides is 1. The molecule has 0 spiro atoms. The van der Waals surface area contributed by atoms with Gasteiger partial charge in [-0.15, -0.1) is 11.3 Å². The highest BCUT2D eigenvalue weighted by Gasteiger charge is 2.23. The van der Waals surface area contributed by atoms with E-state index in [1.165, 1.54) is 26.5 Å². The molecule has 0 atom stereocenters. The number of nitrogens with one attached hydrogen (secondary N) is 2. The topological polar surface area (TPSA) is 197 Å². The van der Waals surface area contributed by atoms with E-state index in [9.17, 15) is 27.6 Å². The number of para-hydroxylation sites is 1. The number of ether oxygens (including phenoxy) is 4. The quantitative estimate of drug-likeness (QED) is 0.173. The Kier molecular flexibility index (Phi) is 11.8. The van der Waals surface area contributed by atoms with Gasteiger partial charge in [-0.05, 0) is 42.8 Å². The lowest BCUT2D eigenvalue weighted by Gasteiger charge is -2.22. The Labute approximate surface area is 273 Å². The largest absolute Gasteiger partial charge is 0.493 e. The standard InChI is InChI=1S/C29H32N6O10S2/c1-4-44-26(37)17-34(14-12-30-47(40,41)29-31-20-7-5-6-8-23(20)46-29)25(36)16-35-13-11-24(32-27(35)38)33-28(39)45-18-19-9-10-21(42-2)22(15-19)43-3/h5-11,13,15,30H,4,12,14,16-18H2,1-3H3,(H,32,33,38,39). The number of rotatable bonds is 15. The van der Waals surface area contributed by atoms with E-state index in [-0.39, 0.29) is 36.5 Å². The average Bonchev–Trinajstić information content (AvgIpc) is 3.50. The predicted octanol–water partition coefficient (Wildman–Crippen LogP) is 1.99. The minimum absolute atomic E-state index is 0.0691. The molecular formula is C29H32N6O10S2. The molecule has 16 nitrogen and oxygen atoms in total. The Morgan fingerprint density at radius 2 is 1.77 bits per heavy atom. The van der Waals surface area contributed by atoms with Crippen molar-refractivity contribution in [3.63, 3.8) is 0 Å². The van der Waals surface area contributed by atoms with Gasteiger partial charge in [0.05, 0.1) is 31.0 Å². The lowest BCUT2D eigenvalue weighted by molar-refractivity contribution is -0.149. The molecule has 4 aromatic rings. The van der Waals surface area contributed by atoms with Gasteiger partial charge < -0.3 is 23.8 Å². The molecule has 250 valence electrons. The van der Waals surface area contributed by atoms with Crippen LogP contribution >= 0.6 is 11.3 Å². The number of thiazole rings is 1. The van der Waals surface area contributed by atoms with Gasteiger partial charge >= 0.3 is 17.8 Å². The second-order valence-corrected chi connectivity index (χ2v) is 12.6. The number of hydrogen-bond acceptors (Lipinski definition) is 13. The van der Waals surface area contributed by atoms with Crippen LogP contribution in [-0.2, 0) is 42.2 Å². The molecule has 0 radical (unpaired) electrons. The third-order valence-electron chi connectivity index (χ3n) is 6.38. The summed E-state index contributed by atoms with van der Waals surface area (Å²) in [5.41, 5.74) is 0.282. The number of esters is 1. The van der Waals surface area contributed by atoms with Crippen molar-refractivity contribution >= 4 is 55.4 Å². The van der Waals surface area contributed by atoms with Gasteiger partial charge in [-0.2, -0.15) is 4.98 Å². The molecule has 0 bridgehead atoms. The number of amides is 2. The van der Waals surface area contributed by atoms with E-state index < -0.39 is 46.8 Å². The fourth-order valence-corrected chi connectivity index (χ4v) is 6.41. The van der Waals surface area contributed by atoms with Crippen LogP contribution in [0.25, 0.3) is 10.2 Å². The van der Waals surface area contributed by atoms with E-state index in [1.807, 2.05) is 0 Å². The number of hydrogen-bond donors (Lipinski definition) is 2. The summed E-state index contributed by atoms with van der Waals surface area (Å²) in [6.07, 6.45) is 0.352. The minimum Gasteiger partial charge on any atom is -0.493 e. The second kappa shape index (κ2) is 16.0. The van der Waals surface area contributed by atoms with Crippen LogP contribution in [0.3, 0.4) is 0 Å². The third kappa shape index (κ3) is 9.47. The Balaban J connectivity index is 1.35. The van der Waals surface area contributed by atoms with Crippen LogP contribution in [0.4, 0.5) is 10.6 Å². The first-order valence-corrected chi connectivity index (χ1v) is 16.3. The summed E-state index contributed by atoms with van der Waals surface area (Å²) < 4.78 is 50.1. The predicted molar refractivity (Wildman–Crippen MR) is 170 cm³/mol. The number of benzene rings is 2. The summed E-state index contributed by atoms with van der Waals surface area (Å²) in [5.74, 6) is -0.551. The van der Waals surface area contributed by atoms with Crippen molar-refractivity contribution in [1.82, 2.24) is 24.2 Å². The van der Waals surface area contributed by atoms with E-state index in [4.69, 9.17) is 18.9 Å². The second-order valence-electron chi connectivity index (χ2n) is 9.58. The normalized spacial score (nSPS) is 11.1. The Hall–Kier alpha value is -5.07. The number of carbonyl (C=O) groups is 3. The molecular weight excluding hydrogens is 656 g/mol. The molecule has 47 heavy (non-hydrogen) atoms. The van der Waals surface area contributed by atoms with E-state index in [0.717, 1.165) is 20.8 Å².